The molecule has 2 unspecified atom stereocenters. The number of benzene rings is 2. The number of nitrogens with two attached hydrogens (primary N) is 1. The van der Waals surface area contributed by atoms with Crippen molar-refractivity contribution in [1.82, 2.24) is 10.3 Å². The molecule has 5 N–H and O–H groups in total. The number of hydrogen-bond donors (Lipinski definition) is 4. The Hall–Kier alpha value is -3.22. The van der Waals surface area contributed by atoms with E-state index < -0.39 is 18.2 Å². The fourth-order valence-corrected chi connectivity index (χ4v) is 4.67. The highest BCUT2D eigenvalue weighted by atomic mass is 16.4. The molecule has 2 aromatic carbocycles. The van der Waals surface area contributed by atoms with Gasteiger partial charge in [0.2, 0.25) is 0 Å². The average molecular weight is 462 g/mol. The minimum absolute atomic E-state index is 0.0397. The van der Waals surface area contributed by atoms with Crippen molar-refractivity contribution in [1.29, 1.82) is 0 Å². The van der Waals surface area contributed by atoms with Gasteiger partial charge in [0.25, 0.3) is 0 Å². The highest BCUT2D eigenvalue weighted by Gasteiger charge is 2.34. The third-order valence-electron chi connectivity index (χ3n) is 6.18. The molecular formula is C28H35N3O3. The topological polar surface area (TPSA) is 108 Å². The van der Waals surface area contributed by atoms with Crippen LogP contribution in [0.5, 0.6) is 0 Å². The summed E-state index contributed by atoms with van der Waals surface area (Å²) in [7, 11) is 0. The van der Waals surface area contributed by atoms with Crippen LogP contribution in [0.2, 0.25) is 0 Å². The van der Waals surface area contributed by atoms with Crippen LogP contribution in [0.4, 0.5) is 4.79 Å². The van der Waals surface area contributed by atoms with Gasteiger partial charge in [0.15, 0.2) is 0 Å². The van der Waals surface area contributed by atoms with Gasteiger partial charge in [-0.2, -0.15) is 0 Å². The lowest BCUT2D eigenvalue weighted by Crippen LogP contribution is -2.48. The number of aromatic nitrogens is 1. The Kier molecular flexibility index (Phi) is 8.42. The summed E-state index contributed by atoms with van der Waals surface area (Å²) in [6.07, 6.45) is 0.340. The molecule has 0 saturated carbocycles. The van der Waals surface area contributed by atoms with E-state index in [0.717, 1.165) is 22.4 Å². The molecule has 0 bridgehead atoms. The second kappa shape index (κ2) is 11.3. The lowest BCUT2D eigenvalue weighted by atomic mass is 9.71. The second-order valence-corrected chi connectivity index (χ2v) is 9.89. The fourth-order valence-electron chi connectivity index (χ4n) is 4.67. The summed E-state index contributed by atoms with van der Waals surface area (Å²) in [4.78, 5) is 15.8. The summed E-state index contributed by atoms with van der Waals surface area (Å²) in [6.45, 7) is 6.40. The maximum Gasteiger partial charge on any atom is 0.404 e. The summed E-state index contributed by atoms with van der Waals surface area (Å²) in [5.41, 5.74) is 10.5. The monoisotopic (exact) mass is 461 g/mol. The van der Waals surface area contributed by atoms with Crippen LogP contribution in [-0.2, 0) is 6.42 Å². The van der Waals surface area contributed by atoms with E-state index >= 15 is 0 Å². The van der Waals surface area contributed by atoms with Crippen molar-refractivity contribution in [2.24, 2.45) is 11.1 Å². The van der Waals surface area contributed by atoms with Gasteiger partial charge in [0.1, 0.15) is 0 Å². The predicted molar refractivity (Wildman–Crippen MR) is 136 cm³/mol. The third-order valence-corrected chi connectivity index (χ3v) is 6.18. The van der Waals surface area contributed by atoms with E-state index in [2.05, 4.69) is 43.2 Å². The van der Waals surface area contributed by atoms with Gasteiger partial charge in [0, 0.05) is 23.7 Å². The third kappa shape index (κ3) is 6.89. The summed E-state index contributed by atoms with van der Waals surface area (Å²) < 4.78 is 0. The Morgan fingerprint density at radius 3 is 2.21 bits per heavy atom. The van der Waals surface area contributed by atoms with Crippen LogP contribution < -0.4 is 11.1 Å². The molecule has 0 aliphatic heterocycles. The van der Waals surface area contributed by atoms with Crippen molar-refractivity contribution < 1.29 is 15.0 Å². The van der Waals surface area contributed by atoms with Crippen LogP contribution in [0.1, 0.15) is 44.2 Å². The van der Waals surface area contributed by atoms with Gasteiger partial charge in [-0.25, -0.2) is 4.79 Å². The number of carbonyl (C=O) groups is 1. The number of carboxylic acid groups (broad SMARTS) is 1. The van der Waals surface area contributed by atoms with Gasteiger partial charge >= 0.3 is 6.09 Å². The van der Waals surface area contributed by atoms with Crippen molar-refractivity contribution in [3.63, 3.8) is 0 Å². The molecule has 1 aromatic heterocycles. The van der Waals surface area contributed by atoms with Crippen LogP contribution in [0.3, 0.4) is 0 Å². The van der Waals surface area contributed by atoms with Crippen LogP contribution in [0.15, 0.2) is 79.0 Å². The molecule has 3 rings (SSSR count). The minimum Gasteiger partial charge on any atom is -0.465 e. The molecule has 6 heteroatoms. The first-order valence-electron chi connectivity index (χ1n) is 11.6. The van der Waals surface area contributed by atoms with E-state index in [4.69, 9.17) is 5.73 Å². The van der Waals surface area contributed by atoms with E-state index in [-0.39, 0.29) is 23.8 Å². The lowest BCUT2D eigenvalue weighted by molar-refractivity contribution is 0.0956. The number of hydrogen-bond acceptors (Lipinski definition) is 4. The molecule has 3 aromatic rings. The molecule has 0 aliphatic rings. The Morgan fingerprint density at radius 1 is 1.00 bits per heavy atom. The standard InChI is InChI=1S/C28H35N3O3/c1-28(2,3)26(21-14-12-20(13-15-21)23-11-7-8-16-30-23)22(29)18-25(32)24(31-27(33)34)17-19-9-5-4-6-10-19/h4-16,22,24-26,31-32H,17-18,29H2,1-3H3,(H,33,34)/t22?,24-,25-,26?/m0/s1. The van der Waals surface area contributed by atoms with E-state index in [1.54, 1.807) is 6.20 Å². The SMILES string of the molecule is CC(C)(C)C(c1ccc(-c2ccccn2)cc1)C(N)C[C@H](O)[C@H](Cc1ccccc1)NC(=O)O. The number of aliphatic hydroxyl groups is 1. The van der Waals surface area contributed by atoms with E-state index in [0.29, 0.717) is 6.42 Å². The summed E-state index contributed by atoms with van der Waals surface area (Å²) in [5.74, 6) is -0.0397. The largest absolute Gasteiger partial charge is 0.465 e. The van der Waals surface area contributed by atoms with Crippen molar-refractivity contribution in [2.45, 2.75) is 57.7 Å². The molecule has 0 radical (unpaired) electrons. The molecule has 180 valence electrons. The van der Waals surface area contributed by atoms with Crippen LogP contribution in [0.25, 0.3) is 11.3 Å². The molecule has 6 nitrogen and oxygen atoms in total. The maximum atomic E-state index is 11.4. The summed E-state index contributed by atoms with van der Waals surface area (Å²) in [5, 5.41) is 22.8. The van der Waals surface area contributed by atoms with Gasteiger partial charge in [-0.15, -0.1) is 0 Å². The van der Waals surface area contributed by atoms with Gasteiger partial charge in [-0.1, -0.05) is 81.4 Å². The Morgan fingerprint density at radius 2 is 1.65 bits per heavy atom. The smallest absolute Gasteiger partial charge is 0.404 e. The Labute approximate surface area is 201 Å². The number of aliphatic hydroxyl groups excluding tert-OH is 1. The predicted octanol–water partition coefficient (Wildman–Crippen LogP) is 4.84. The number of nitrogens with zero attached hydrogens (tertiary/aromatic N) is 1. The van der Waals surface area contributed by atoms with Crippen molar-refractivity contribution in [3.8, 4) is 11.3 Å². The van der Waals surface area contributed by atoms with Crippen LogP contribution in [-0.4, -0.2) is 39.5 Å². The first-order valence-corrected chi connectivity index (χ1v) is 11.6. The highest BCUT2D eigenvalue weighted by molar-refractivity contribution is 5.65. The normalized spacial score (nSPS) is 15.2. The molecule has 1 amide bonds. The van der Waals surface area contributed by atoms with Gasteiger partial charge in [0.05, 0.1) is 17.8 Å². The van der Waals surface area contributed by atoms with Gasteiger partial charge in [-0.3, -0.25) is 4.98 Å². The molecule has 0 spiro atoms. The second-order valence-electron chi connectivity index (χ2n) is 9.89. The molecule has 0 saturated heterocycles. The molecule has 0 aliphatic carbocycles. The molecule has 1 heterocycles. The molecule has 4 atom stereocenters. The minimum atomic E-state index is -1.16. The molecule has 34 heavy (non-hydrogen) atoms. The van der Waals surface area contributed by atoms with E-state index in [9.17, 15) is 15.0 Å². The van der Waals surface area contributed by atoms with E-state index in [1.165, 1.54) is 0 Å². The van der Waals surface area contributed by atoms with Gasteiger partial charge in [-0.05, 0) is 41.5 Å². The van der Waals surface area contributed by atoms with E-state index in [1.807, 2.05) is 60.7 Å². The zero-order valence-electron chi connectivity index (χ0n) is 20.1. The number of pyridine rings is 1. The van der Waals surface area contributed by atoms with Crippen LogP contribution >= 0.6 is 0 Å². The van der Waals surface area contributed by atoms with Crippen molar-refractivity contribution >= 4 is 6.09 Å². The number of nitrogens with one attached hydrogen (secondary N) is 1. The first-order chi connectivity index (χ1) is 16.1. The Balaban J connectivity index is 1.78. The fraction of sp³-hybridized carbons (Fsp3) is 0.357. The Bertz CT molecular complexity index is 1030. The van der Waals surface area contributed by atoms with Crippen molar-refractivity contribution in [3.05, 3.63) is 90.1 Å². The lowest BCUT2D eigenvalue weighted by Gasteiger charge is -2.37. The number of rotatable bonds is 9. The zero-order valence-corrected chi connectivity index (χ0v) is 20.1. The first kappa shape index (κ1) is 25.4. The summed E-state index contributed by atoms with van der Waals surface area (Å²) >= 11 is 0. The van der Waals surface area contributed by atoms with Crippen LogP contribution in [0, 0.1) is 5.41 Å². The van der Waals surface area contributed by atoms with Crippen molar-refractivity contribution in [2.75, 3.05) is 0 Å². The highest BCUT2D eigenvalue weighted by Crippen LogP contribution is 2.39. The van der Waals surface area contributed by atoms with Gasteiger partial charge < -0.3 is 21.3 Å². The molecular weight excluding hydrogens is 426 g/mol. The number of amides is 1. The maximum absolute atomic E-state index is 11.4. The molecule has 0 fully saturated rings. The average Bonchev–Trinajstić information content (AvgIpc) is 2.79. The zero-order chi connectivity index (χ0) is 24.7. The summed E-state index contributed by atoms with van der Waals surface area (Å²) in [6, 6.07) is 22.6. The quantitative estimate of drug-likeness (QED) is 0.365.